The number of phenols is 1. The zero-order valence-electron chi connectivity index (χ0n) is 29.3. The molecule has 54 heavy (non-hydrogen) atoms. The number of amides is 4. The van der Waals surface area contributed by atoms with Crippen molar-refractivity contribution in [2.24, 2.45) is 23.7 Å². The van der Waals surface area contributed by atoms with E-state index in [-0.39, 0.29) is 46.7 Å². The van der Waals surface area contributed by atoms with Crippen molar-refractivity contribution in [3.05, 3.63) is 130 Å². The summed E-state index contributed by atoms with van der Waals surface area (Å²) in [6, 6.07) is 23.4. The monoisotopic (exact) mass is 763 g/mol. The highest BCUT2D eigenvalue weighted by Gasteiger charge is 2.71. The molecule has 0 unspecified atom stereocenters. The number of phenolic OH excluding ortho intramolecular Hbond substituents is 1. The minimum atomic E-state index is -1.66. The van der Waals surface area contributed by atoms with E-state index in [0.717, 1.165) is 10.6 Å². The Morgan fingerprint density at radius 1 is 0.889 bits per heavy atom. The van der Waals surface area contributed by atoms with Gasteiger partial charge < -0.3 is 14.6 Å². The van der Waals surface area contributed by atoms with Gasteiger partial charge in [-0.05, 0) is 84.5 Å². The predicted octanol–water partition coefficient (Wildman–Crippen LogP) is 7.55. The first-order valence-electron chi connectivity index (χ1n) is 17.5. The summed E-state index contributed by atoms with van der Waals surface area (Å²) in [6.45, 7) is 3.79. The number of hydrogen-bond donors (Lipinski definition) is 2. The van der Waals surface area contributed by atoms with E-state index in [1.807, 2.05) is 6.08 Å². The number of carbonyl (C=O) groups excluding carboxylic acids is 4. The van der Waals surface area contributed by atoms with E-state index in [9.17, 15) is 19.5 Å². The molecule has 4 aliphatic rings. The van der Waals surface area contributed by atoms with E-state index in [1.54, 1.807) is 78.9 Å². The zero-order chi connectivity index (χ0) is 38.1. The molecule has 0 aromatic heterocycles. The number of hydrogen-bond acceptors (Lipinski definition) is 8. The van der Waals surface area contributed by atoms with Crippen LogP contribution in [0.15, 0.2) is 103 Å². The molecule has 4 aromatic carbocycles. The molecule has 10 nitrogen and oxygen atoms in total. The number of imide groups is 2. The van der Waals surface area contributed by atoms with Crippen LogP contribution in [0.1, 0.15) is 35.4 Å². The van der Waals surface area contributed by atoms with E-state index < -0.39 is 46.8 Å². The van der Waals surface area contributed by atoms with Crippen molar-refractivity contribution in [2.45, 2.75) is 24.2 Å². The van der Waals surface area contributed by atoms with Gasteiger partial charge in [-0.1, -0.05) is 77.8 Å². The Kier molecular flexibility index (Phi) is 8.78. The van der Waals surface area contributed by atoms with Crippen LogP contribution in [-0.4, -0.2) is 48.0 Å². The molecule has 0 radical (unpaired) electrons. The number of nitrogens with zero attached hydrogens (tertiary/aromatic N) is 2. The predicted molar refractivity (Wildman–Crippen MR) is 204 cm³/mol. The average Bonchev–Trinajstić information content (AvgIpc) is 3.56. The van der Waals surface area contributed by atoms with E-state index in [4.69, 9.17) is 32.7 Å². The number of hydrazine groups is 1. The molecule has 0 spiro atoms. The SMILES string of the molecule is C=Cc1ccc(N2C(=O)[C@H]3[C@H](CC=C4[C@H]3C[C@H]3C(=O)N(Nc5ccc(Cl)cc5Cl)C(=O)[C@@]3(c3ccc(OC)cc3)[C@H]4c3c(O)cccc3OC)C2=O)cc1. The first-order valence-corrected chi connectivity index (χ1v) is 18.2. The van der Waals surface area contributed by atoms with Crippen LogP contribution in [0.4, 0.5) is 11.4 Å². The second-order valence-corrected chi connectivity index (χ2v) is 14.8. The van der Waals surface area contributed by atoms with Crippen molar-refractivity contribution in [1.82, 2.24) is 5.01 Å². The highest BCUT2D eigenvalue weighted by molar-refractivity contribution is 6.36. The number of allylic oxidation sites excluding steroid dienone is 2. The van der Waals surface area contributed by atoms with Gasteiger partial charge in [0.2, 0.25) is 11.8 Å². The van der Waals surface area contributed by atoms with E-state index in [1.165, 1.54) is 31.3 Å². The maximum absolute atomic E-state index is 15.5. The molecular weight excluding hydrogens is 729 g/mol. The second kappa shape index (κ2) is 13.4. The maximum atomic E-state index is 15.5. The lowest BCUT2D eigenvalue weighted by Crippen LogP contribution is -2.53. The highest BCUT2D eigenvalue weighted by atomic mass is 35.5. The van der Waals surface area contributed by atoms with E-state index >= 15 is 4.79 Å². The molecule has 4 amide bonds. The summed E-state index contributed by atoms with van der Waals surface area (Å²) >= 11 is 12.7. The minimum Gasteiger partial charge on any atom is -0.508 e. The second-order valence-electron chi connectivity index (χ2n) is 13.9. The van der Waals surface area contributed by atoms with Crippen molar-refractivity contribution in [1.29, 1.82) is 0 Å². The molecule has 274 valence electrons. The lowest BCUT2D eigenvalue weighted by atomic mass is 9.49. The number of halogens is 2. The molecule has 0 bridgehead atoms. The van der Waals surface area contributed by atoms with Crippen LogP contribution >= 0.6 is 23.2 Å². The van der Waals surface area contributed by atoms with Crippen molar-refractivity contribution < 1.29 is 33.8 Å². The summed E-state index contributed by atoms with van der Waals surface area (Å²) in [5, 5.41) is 13.3. The summed E-state index contributed by atoms with van der Waals surface area (Å²) in [7, 11) is 3.00. The number of carbonyl (C=O) groups is 4. The summed E-state index contributed by atoms with van der Waals surface area (Å²) in [5.41, 5.74) is 4.31. The van der Waals surface area contributed by atoms with Crippen LogP contribution in [0.3, 0.4) is 0 Å². The fourth-order valence-corrected chi connectivity index (χ4v) is 9.62. The first kappa shape index (κ1) is 35.4. The lowest BCUT2D eigenvalue weighted by Gasteiger charge is -2.50. The molecule has 4 aromatic rings. The van der Waals surface area contributed by atoms with E-state index in [2.05, 4.69) is 12.0 Å². The Labute approximate surface area is 321 Å². The van der Waals surface area contributed by atoms with Crippen LogP contribution in [0, 0.1) is 23.7 Å². The van der Waals surface area contributed by atoms with Crippen LogP contribution < -0.4 is 19.8 Å². The number of ether oxygens (including phenoxy) is 2. The minimum absolute atomic E-state index is 0.0603. The van der Waals surface area contributed by atoms with E-state index in [0.29, 0.717) is 33.3 Å². The third kappa shape index (κ3) is 5.15. The number of nitrogens with one attached hydrogen (secondary N) is 1. The highest BCUT2D eigenvalue weighted by Crippen LogP contribution is 2.66. The molecule has 2 aliphatic heterocycles. The fraction of sp³-hybridized carbons (Fsp3) is 0.238. The van der Waals surface area contributed by atoms with Gasteiger partial charge >= 0.3 is 0 Å². The standard InChI is InChI=1S/C42H35Cl2N3O7/c1-4-22-8-13-25(14-9-22)46-38(49)28-18-17-27-29(35(28)40(46)51)21-30-39(50)47(45-32-19-12-24(43)20-31(32)44)41(52)42(30,23-10-15-26(53-2)16-11-23)37(27)36-33(48)6-5-7-34(36)54-3/h4-17,19-20,28-30,35,37,45,48H,1,18,21H2,2-3H3/t28-,29+,30-,35-,37+,42+/m0/s1. The number of aromatic hydroxyl groups is 1. The van der Waals surface area contributed by atoms with Gasteiger partial charge in [0.25, 0.3) is 11.8 Å². The van der Waals surface area contributed by atoms with Crippen molar-refractivity contribution >= 4 is 64.3 Å². The molecule has 6 atom stereocenters. The first-order chi connectivity index (χ1) is 26.0. The summed E-state index contributed by atoms with van der Waals surface area (Å²) < 4.78 is 11.3. The Balaban J connectivity index is 1.35. The molecule has 2 aliphatic carbocycles. The van der Waals surface area contributed by atoms with Crippen LogP contribution in [0.5, 0.6) is 17.2 Å². The number of benzene rings is 4. The normalized spacial score (nSPS) is 25.9. The van der Waals surface area contributed by atoms with Crippen LogP contribution in [0.2, 0.25) is 10.0 Å². The molecule has 2 N–H and O–H groups in total. The molecule has 8 rings (SSSR count). The van der Waals surface area contributed by atoms with Gasteiger partial charge in [-0.2, -0.15) is 5.01 Å². The summed E-state index contributed by atoms with van der Waals surface area (Å²) in [5.74, 6) is -5.46. The topological polar surface area (TPSA) is 125 Å². The number of methoxy groups -OCH3 is 2. The van der Waals surface area contributed by atoms with Crippen LogP contribution in [0.25, 0.3) is 6.08 Å². The quantitative estimate of drug-likeness (QED) is 0.139. The molecular formula is C42H35Cl2N3O7. The summed E-state index contributed by atoms with van der Waals surface area (Å²) in [6.07, 6.45) is 3.87. The van der Waals surface area contributed by atoms with Crippen molar-refractivity contribution in [3.8, 4) is 17.2 Å². The zero-order valence-corrected chi connectivity index (χ0v) is 30.8. The number of rotatable bonds is 8. The smallest absolute Gasteiger partial charge is 0.260 e. The number of anilines is 2. The third-order valence-corrected chi connectivity index (χ3v) is 12.1. The molecule has 3 fully saturated rings. The Hall–Kier alpha value is -5.58. The Morgan fingerprint density at radius 3 is 2.30 bits per heavy atom. The van der Waals surface area contributed by atoms with Crippen molar-refractivity contribution in [3.63, 3.8) is 0 Å². The van der Waals surface area contributed by atoms with Gasteiger partial charge in [-0.3, -0.25) is 29.5 Å². The van der Waals surface area contributed by atoms with Gasteiger partial charge in [0.1, 0.15) is 17.2 Å². The maximum Gasteiger partial charge on any atom is 0.260 e. The Bertz CT molecular complexity index is 2270. The molecule has 1 saturated carbocycles. The van der Waals surface area contributed by atoms with Crippen LogP contribution in [-0.2, 0) is 24.6 Å². The van der Waals surface area contributed by atoms with Gasteiger partial charge in [-0.15, -0.1) is 0 Å². The third-order valence-electron chi connectivity index (χ3n) is 11.5. The van der Waals surface area contributed by atoms with Gasteiger partial charge in [0.05, 0.1) is 53.8 Å². The molecule has 12 heteroatoms. The van der Waals surface area contributed by atoms with Gasteiger partial charge in [0, 0.05) is 16.5 Å². The number of fused-ring (bicyclic) bond motifs is 4. The Morgan fingerprint density at radius 2 is 1.63 bits per heavy atom. The molecule has 2 heterocycles. The fourth-order valence-electron chi connectivity index (χ4n) is 9.17. The van der Waals surface area contributed by atoms with Crippen molar-refractivity contribution in [2.75, 3.05) is 24.5 Å². The summed E-state index contributed by atoms with van der Waals surface area (Å²) in [4.78, 5) is 60.4. The largest absolute Gasteiger partial charge is 0.508 e. The lowest BCUT2D eigenvalue weighted by molar-refractivity contribution is -0.138. The van der Waals surface area contributed by atoms with Gasteiger partial charge in [-0.25, -0.2) is 0 Å². The van der Waals surface area contributed by atoms with Gasteiger partial charge in [0.15, 0.2) is 0 Å². The average molecular weight is 765 g/mol. The molecule has 2 saturated heterocycles.